The van der Waals surface area contributed by atoms with Crippen LogP contribution in [0.1, 0.15) is 38.5 Å². The fourth-order valence-electron chi connectivity index (χ4n) is 4.13. The fourth-order valence-corrected chi connectivity index (χ4v) is 4.13. The lowest BCUT2D eigenvalue weighted by Crippen LogP contribution is -2.46. The summed E-state index contributed by atoms with van der Waals surface area (Å²) in [6, 6.07) is 0.472. The number of aliphatic hydroxyl groups is 1. The average Bonchev–Trinajstić information content (AvgIpc) is 3.15. The van der Waals surface area contributed by atoms with Crippen molar-refractivity contribution in [2.24, 2.45) is 0 Å². The smallest absolute Gasteiger partial charge is 0.148 e. The van der Waals surface area contributed by atoms with Crippen molar-refractivity contribution >= 4 is 0 Å². The minimum atomic E-state index is 0.0738. The molecule has 2 atom stereocenters. The van der Waals surface area contributed by atoms with Gasteiger partial charge in [-0.1, -0.05) is 0 Å². The molecule has 20 heavy (non-hydrogen) atoms. The molecule has 3 saturated heterocycles. The molecule has 0 saturated carbocycles. The van der Waals surface area contributed by atoms with E-state index >= 15 is 0 Å². The molecule has 0 unspecified atom stereocenters. The van der Waals surface area contributed by atoms with Crippen LogP contribution in [0.15, 0.2) is 0 Å². The minimum Gasteiger partial charge on any atom is -0.394 e. The summed E-state index contributed by atoms with van der Waals surface area (Å²) in [4.78, 5) is 4.81. The Kier molecular flexibility index (Phi) is 4.94. The summed E-state index contributed by atoms with van der Waals surface area (Å²) in [7, 11) is 0. The van der Waals surface area contributed by atoms with Crippen LogP contribution in [0.5, 0.6) is 0 Å². The van der Waals surface area contributed by atoms with E-state index in [0.717, 1.165) is 45.5 Å². The largest absolute Gasteiger partial charge is 0.394 e. The molecule has 3 aliphatic rings. The van der Waals surface area contributed by atoms with Crippen molar-refractivity contribution in [1.82, 2.24) is 9.80 Å². The number of nitrogens with zero attached hydrogens (tertiary/aromatic N) is 2. The van der Waals surface area contributed by atoms with Crippen LogP contribution in [-0.2, 0) is 9.47 Å². The highest BCUT2D eigenvalue weighted by Crippen LogP contribution is 2.41. The van der Waals surface area contributed by atoms with Crippen molar-refractivity contribution < 1.29 is 14.6 Å². The maximum atomic E-state index is 9.66. The van der Waals surface area contributed by atoms with Gasteiger partial charge in [0, 0.05) is 24.7 Å². The molecule has 3 fully saturated rings. The molecule has 0 amide bonds. The molecule has 5 heteroatoms. The third kappa shape index (κ3) is 3.02. The van der Waals surface area contributed by atoms with E-state index in [-0.39, 0.29) is 5.54 Å². The van der Waals surface area contributed by atoms with Gasteiger partial charge in [0.15, 0.2) is 0 Å². The summed E-state index contributed by atoms with van der Waals surface area (Å²) in [5, 5.41) is 9.66. The van der Waals surface area contributed by atoms with Crippen molar-refractivity contribution in [3.8, 4) is 0 Å². The molecule has 0 aromatic rings. The quantitative estimate of drug-likeness (QED) is 0.558. The molecule has 1 N–H and O–H groups in total. The van der Waals surface area contributed by atoms with Gasteiger partial charge in [-0.3, -0.25) is 9.80 Å². The molecule has 3 rings (SSSR count). The maximum absolute atomic E-state index is 9.66. The normalized spacial score (nSPS) is 35.0. The van der Waals surface area contributed by atoms with Crippen LogP contribution in [0.2, 0.25) is 0 Å². The standard InChI is InChI=1S/C15H28N2O3/c18-11-15-5-3-9-17(15)14(4-6-15)10-19-13-20-12-16-7-1-2-8-16/h14,18H,1-13H2/t14-,15-/m1/s1. The predicted octanol–water partition coefficient (Wildman–Crippen LogP) is 1.02. The van der Waals surface area contributed by atoms with E-state index in [1.807, 2.05) is 0 Å². The molecule has 5 nitrogen and oxygen atoms in total. The van der Waals surface area contributed by atoms with E-state index in [1.54, 1.807) is 0 Å². The van der Waals surface area contributed by atoms with Crippen molar-refractivity contribution in [3.63, 3.8) is 0 Å². The Balaban J connectivity index is 1.33. The topological polar surface area (TPSA) is 45.2 Å². The summed E-state index contributed by atoms with van der Waals surface area (Å²) in [6.07, 6.45) is 7.21. The van der Waals surface area contributed by atoms with Crippen LogP contribution in [0.3, 0.4) is 0 Å². The minimum absolute atomic E-state index is 0.0738. The average molecular weight is 284 g/mol. The first kappa shape index (κ1) is 14.7. The van der Waals surface area contributed by atoms with Gasteiger partial charge < -0.3 is 14.6 Å². The van der Waals surface area contributed by atoms with Gasteiger partial charge in [0.25, 0.3) is 0 Å². The monoisotopic (exact) mass is 284 g/mol. The van der Waals surface area contributed by atoms with Crippen molar-refractivity contribution in [2.45, 2.75) is 50.1 Å². The Morgan fingerprint density at radius 3 is 2.70 bits per heavy atom. The number of likely N-dealkylation sites (tertiary alicyclic amines) is 1. The van der Waals surface area contributed by atoms with Crippen LogP contribution < -0.4 is 0 Å². The van der Waals surface area contributed by atoms with E-state index in [1.165, 1.54) is 19.3 Å². The van der Waals surface area contributed by atoms with E-state index in [0.29, 0.717) is 26.2 Å². The maximum Gasteiger partial charge on any atom is 0.148 e. The van der Waals surface area contributed by atoms with Gasteiger partial charge in [-0.2, -0.15) is 0 Å². The highest BCUT2D eigenvalue weighted by molar-refractivity contribution is 5.04. The second kappa shape index (κ2) is 6.71. The summed E-state index contributed by atoms with van der Waals surface area (Å²) in [5.74, 6) is 0. The first-order valence-corrected chi connectivity index (χ1v) is 8.09. The second-order valence-corrected chi connectivity index (χ2v) is 6.52. The number of ether oxygens (including phenoxy) is 2. The molecular formula is C15H28N2O3. The van der Waals surface area contributed by atoms with E-state index in [4.69, 9.17) is 9.47 Å². The molecule has 0 bridgehead atoms. The third-order valence-electron chi connectivity index (χ3n) is 5.28. The van der Waals surface area contributed by atoms with E-state index < -0.39 is 0 Å². The number of fused-ring (bicyclic) bond motifs is 1. The van der Waals surface area contributed by atoms with Crippen molar-refractivity contribution in [1.29, 1.82) is 0 Å². The zero-order chi connectivity index (χ0) is 13.8. The Morgan fingerprint density at radius 2 is 1.90 bits per heavy atom. The molecule has 0 radical (unpaired) electrons. The van der Waals surface area contributed by atoms with Crippen LogP contribution in [-0.4, -0.2) is 72.9 Å². The highest BCUT2D eigenvalue weighted by Gasteiger charge is 2.48. The molecule has 116 valence electrons. The van der Waals surface area contributed by atoms with E-state index in [9.17, 15) is 5.11 Å². The molecule has 0 aromatic heterocycles. The molecule has 3 heterocycles. The van der Waals surface area contributed by atoms with Crippen LogP contribution >= 0.6 is 0 Å². The zero-order valence-corrected chi connectivity index (χ0v) is 12.4. The fraction of sp³-hybridized carbons (Fsp3) is 1.00. The lowest BCUT2D eigenvalue weighted by Gasteiger charge is -2.33. The van der Waals surface area contributed by atoms with Crippen molar-refractivity contribution in [2.75, 3.05) is 46.4 Å². The first-order chi connectivity index (χ1) is 9.84. The SMILES string of the molecule is OC[C@]12CCCN1[C@@H](COCOCN1CCCC1)CC2. The molecule has 0 aromatic carbocycles. The highest BCUT2D eigenvalue weighted by atomic mass is 16.7. The predicted molar refractivity (Wildman–Crippen MR) is 76.4 cm³/mol. The second-order valence-electron chi connectivity index (χ2n) is 6.52. The number of aliphatic hydroxyl groups excluding tert-OH is 1. The lowest BCUT2D eigenvalue weighted by molar-refractivity contribution is -0.0974. The van der Waals surface area contributed by atoms with Crippen LogP contribution in [0.25, 0.3) is 0 Å². The van der Waals surface area contributed by atoms with Gasteiger partial charge in [-0.15, -0.1) is 0 Å². The first-order valence-electron chi connectivity index (χ1n) is 8.09. The Morgan fingerprint density at radius 1 is 1.05 bits per heavy atom. The van der Waals surface area contributed by atoms with E-state index in [2.05, 4.69) is 9.80 Å². The van der Waals surface area contributed by atoms with Gasteiger partial charge >= 0.3 is 0 Å². The van der Waals surface area contributed by atoms with Gasteiger partial charge in [-0.25, -0.2) is 0 Å². The van der Waals surface area contributed by atoms with Crippen molar-refractivity contribution in [3.05, 3.63) is 0 Å². The van der Waals surface area contributed by atoms with Crippen LogP contribution in [0, 0.1) is 0 Å². The molecular weight excluding hydrogens is 256 g/mol. The Hall–Kier alpha value is -0.200. The zero-order valence-electron chi connectivity index (χ0n) is 12.4. The lowest BCUT2D eigenvalue weighted by atomic mass is 9.95. The summed E-state index contributed by atoms with van der Waals surface area (Å²) < 4.78 is 11.3. The molecule has 0 aliphatic carbocycles. The van der Waals surface area contributed by atoms with Gasteiger partial charge in [-0.05, 0) is 45.1 Å². The Bertz CT molecular complexity index is 309. The van der Waals surface area contributed by atoms with Gasteiger partial charge in [0.2, 0.25) is 0 Å². The van der Waals surface area contributed by atoms with Gasteiger partial charge in [0.05, 0.1) is 13.2 Å². The summed E-state index contributed by atoms with van der Waals surface area (Å²) >= 11 is 0. The number of hydrogen-bond acceptors (Lipinski definition) is 5. The third-order valence-corrected chi connectivity index (χ3v) is 5.28. The number of hydrogen-bond donors (Lipinski definition) is 1. The van der Waals surface area contributed by atoms with Gasteiger partial charge in [0.1, 0.15) is 13.5 Å². The summed E-state index contributed by atoms with van der Waals surface area (Å²) in [5.41, 5.74) is 0.0738. The summed E-state index contributed by atoms with van der Waals surface area (Å²) in [6.45, 7) is 5.58. The molecule has 3 aliphatic heterocycles. The van der Waals surface area contributed by atoms with Crippen LogP contribution in [0.4, 0.5) is 0 Å². The Labute approximate surface area is 121 Å². The number of rotatable bonds is 7. The molecule has 0 spiro atoms.